The molecule has 3 aromatic carbocycles. The SMILES string of the molecule is Cc1cccc(-n2cc(-c3ccccc3)c3c(N4CCN(S(=O)(=O)c5ccc6ncsc6c5)CC4)ncnc32)c1. The second-order valence-electron chi connectivity index (χ2n) is 9.89. The van der Waals surface area contributed by atoms with E-state index in [1.54, 1.807) is 34.3 Å². The van der Waals surface area contributed by atoms with Gasteiger partial charge in [0.25, 0.3) is 0 Å². The first kappa shape index (κ1) is 24.9. The number of aryl methyl sites for hydroxylation is 1. The summed E-state index contributed by atoms with van der Waals surface area (Å²) in [5.74, 6) is 0.818. The van der Waals surface area contributed by atoms with Gasteiger partial charge in [0.2, 0.25) is 10.0 Å². The highest BCUT2D eigenvalue weighted by atomic mass is 32.2. The minimum absolute atomic E-state index is 0.309. The summed E-state index contributed by atoms with van der Waals surface area (Å²) in [5, 5.41) is 0.960. The van der Waals surface area contributed by atoms with Crippen LogP contribution in [0, 0.1) is 6.92 Å². The maximum absolute atomic E-state index is 13.5. The summed E-state index contributed by atoms with van der Waals surface area (Å²) in [7, 11) is -3.62. The molecule has 0 unspecified atom stereocenters. The van der Waals surface area contributed by atoms with E-state index in [1.165, 1.54) is 16.9 Å². The van der Waals surface area contributed by atoms with E-state index < -0.39 is 10.0 Å². The van der Waals surface area contributed by atoms with E-state index in [-0.39, 0.29) is 0 Å². The fourth-order valence-corrected chi connectivity index (χ4v) is 7.62. The van der Waals surface area contributed by atoms with Crippen LogP contribution in [0.4, 0.5) is 5.82 Å². The molecule has 0 radical (unpaired) electrons. The number of sulfonamides is 1. The van der Waals surface area contributed by atoms with E-state index in [4.69, 9.17) is 9.97 Å². The fourth-order valence-electron chi connectivity index (χ4n) is 5.38. The Balaban J connectivity index is 1.25. The molecule has 1 aliphatic rings. The number of rotatable bonds is 5. The highest BCUT2D eigenvalue weighted by Gasteiger charge is 2.31. The molecule has 1 aliphatic heterocycles. The van der Waals surface area contributed by atoms with E-state index in [9.17, 15) is 8.42 Å². The predicted octanol–water partition coefficient (Wildman–Crippen LogP) is 5.52. The van der Waals surface area contributed by atoms with Crippen LogP contribution in [-0.2, 0) is 10.0 Å². The highest BCUT2D eigenvalue weighted by Crippen LogP contribution is 2.37. The van der Waals surface area contributed by atoms with E-state index >= 15 is 0 Å². The summed E-state index contributed by atoms with van der Waals surface area (Å²) in [6.45, 7) is 3.87. The first-order valence-corrected chi connectivity index (χ1v) is 15.4. The van der Waals surface area contributed by atoms with Crippen molar-refractivity contribution in [1.82, 2.24) is 23.8 Å². The van der Waals surface area contributed by atoms with Gasteiger partial charge in [-0.05, 0) is 48.4 Å². The van der Waals surface area contributed by atoms with Crippen LogP contribution in [0.25, 0.3) is 38.1 Å². The van der Waals surface area contributed by atoms with Gasteiger partial charge in [0.15, 0.2) is 5.65 Å². The zero-order chi connectivity index (χ0) is 27.3. The number of piperazine rings is 1. The predicted molar refractivity (Wildman–Crippen MR) is 160 cm³/mol. The Labute approximate surface area is 236 Å². The molecule has 1 fully saturated rings. The third-order valence-electron chi connectivity index (χ3n) is 7.41. The topological polar surface area (TPSA) is 84.2 Å². The molecule has 3 aromatic heterocycles. The van der Waals surface area contributed by atoms with Crippen molar-refractivity contribution in [2.45, 2.75) is 11.8 Å². The van der Waals surface area contributed by atoms with Crippen LogP contribution in [0.3, 0.4) is 0 Å². The molecule has 0 spiro atoms. The molecule has 10 heteroatoms. The van der Waals surface area contributed by atoms with Crippen molar-refractivity contribution in [3.8, 4) is 16.8 Å². The minimum atomic E-state index is -3.62. The summed E-state index contributed by atoms with van der Waals surface area (Å²) in [4.78, 5) is 16.2. The average molecular weight is 567 g/mol. The molecule has 6 aromatic rings. The van der Waals surface area contributed by atoms with Crippen LogP contribution >= 0.6 is 11.3 Å². The van der Waals surface area contributed by atoms with E-state index in [2.05, 4.69) is 57.9 Å². The summed E-state index contributed by atoms with van der Waals surface area (Å²) < 4.78 is 31.6. The molecular weight excluding hydrogens is 541 g/mol. The summed E-state index contributed by atoms with van der Waals surface area (Å²) in [5.41, 5.74) is 7.69. The lowest BCUT2D eigenvalue weighted by Crippen LogP contribution is -2.49. The second-order valence-corrected chi connectivity index (χ2v) is 12.7. The number of aromatic nitrogens is 4. The van der Waals surface area contributed by atoms with Crippen molar-refractivity contribution >= 4 is 48.4 Å². The van der Waals surface area contributed by atoms with E-state index in [0.717, 1.165) is 43.9 Å². The van der Waals surface area contributed by atoms with Gasteiger partial charge < -0.3 is 9.47 Å². The van der Waals surface area contributed by atoms with Crippen LogP contribution in [0.1, 0.15) is 5.56 Å². The lowest BCUT2D eigenvalue weighted by molar-refractivity contribution is 0.384. The van der Waals surface area contributed by atoms with Crippen LogP contribution in [0.5, 0.6) is 0 Å². The van der Waals surface area contributed by atoms with Crippen molar-refractivity contribution in [2.75, 3.05) is 31.1 Å². The van der Waals surface area contributed by atoms with E-state index in [1.807, 2.05) is 24.3 Å². The van der Waals surface area contributed by atoms with E-state index in [0.29, 0.717) is 31.1 Å². The smallest absolute Gasteiger partial charge is 0.243 e. The maximum atomic E-state index is 13.5. The number of benzene rings is 3. The number of hydrogen-bond acceptors (Lipinski definition) is 7. The lowest BCUT2D eigenvalue weighted by atomic mass is 10.1. The number of thiazole rings is 1. The third kappa shape index (κ3) is 4.25. The molecule has 0 amide bonds. The molecule has 200 valence electrons. The van der Waals surface area contributed by atoms with Crippen LogP contribution in [0.15, 0.2) is 95.7 Å². The van der Waals surface area contributed by atoms with Gasteiger partial charge in [-0.1, -0.05) is 42.5 Å². The van der Waals surface area contributed by atoms with Crippen molar-refractivity contribution in [1.29, 1.82) is 0 Å². The Kier molecular flexibility index (Phi) is 6.10. The first-order chi connectivity index (χ1) is 19.5. The van der Waals surface area contributed by atoms with Crippen LogP contribution in [-0.4, -0.2) is 58.4 Å². The zero-order valence-corrected chi connectivity index (χ0v) is 23.4. The van der Waals surface area contributed by atoms with Crippen molar-refractivity contribution in [2.24, 2.45) is 0 Å². The Morgan fingerprint density at radius 1 is 0.850 bits per heavy atom. The molecule has 7 rings (SSSR count). The molecule has 1 saturated heterocycles. The zero-order valence-electron chi connectivity index (χ0n) is 21.8. The first-order valence-electron chi connectivity index (χ1n) is 13.1. The van der Waals surface area contributed by atoms with Crippen LogP contribution < -0.4 is 4.90 Å². The Hall–Kier alpha value is -4.12. The number of nitrogens with zero attached hydrogens (tertiary/aromatic N) is 6. The van der Waals surface area contributed by atoms with Crippen LogP contribution in [0.2, 0.25) is 0 Å². The summed E-state index contributed by atoms with van der Waals surface area (Å²) in [6.07, 6.45) is 3.73. The molecule has 0 atom stereocenters. The number of hydrogen-bond donors (Lipinski definition) is 0. The minimum Gasteiger partial charge on any atom is -0.353 e. The van der Waals surface area contributed by atoms with Gasteiger partial charge in [0.1, 0.15) is 12.1 Å². The van der Waals surface area contributed by atoms with Crippen molar-refractivity contribution in [3.05, 3.63) is 96.4 Å². The maximum Gasteiger partial charge on any atom is 0.243 e. The standard InChI is InChI=1S/C30H26N6O2S2/c1-21-6-5-9-23(16-21)36-18-25(22-7-3-2-4-8-22)28-29(31-19-32-30(28)36)34-12-14-35(15-13-34)40(37,38)24-10-11-26-27(17-24)39-20-33-26/h2-11,16-20H,12-15H2,1H3. The Bertz CT molecular complexity index is 1960. The number of anilines is 1. The Morgan fingerprint density at radius 2 is 1.68 bits per heavy atom. The normalized spacial score (nSPS) is 14.8. The summed E-state index contributed by atoms with van der Waals surface area (Å²) in [6, 6.07) is 23.8. The molecule has 40 heavy (non-hydrogen) atoms. The molecule has 8 nitrogen and oxygen atoms in total. The van der Waals surface area contributed by atoms with Gasteiger partial charge in [-0.3, -0.25) is 0 Å². The third-order valence-corrected chi connectivity index (χ3v) is 10.1. The molecule has 0 saturated carbocycles. The monoisotopic (exact) mass is 566 g/mol. The Morgan fingerprint density at radius 3 is 2.48 bits per heavy atom. The van der Waals surface area contributed by atoms with Gasteiger partial charge >= 0.3 is 0 Å². The molecule has 0 bridgehead atoms. The largest absolute Gasteiger partial charge is 0.353 e. The van der Waals surface area contributed by atoms with Crippen molar-refractivity contribution < 1.29 is 8.42 Å². The molecular formula is C30H26N6O2S2. The number of fused-ring (bicyclic) bond motifs is 2. The van der Waals surface area contributed by atoms with Gasteiger partial charge in [0, 0.05) is 43.6 Å². The van der Waals surface area contributed by atoms with Gasteiger partial charge in [-0.25, -0.2) is 23.4 Å². The van der Waals surface area contributed by atoms with Gasteiger partial charge in [-0.2, -0.15) is 4.31 Å². The summed E-state index contributed by atoms with van der Waals surface area (Å²) >= 11 is 1.45. The second kappa shape index (κ2) is 9.81. The average Bonchev–Trinajstić information content (AvgIpc) is 3.62. The highest BCUT2D eigenvalue weighted by molar-refractivity contribution is 7.89. The molecule has 0 aliphatic carbocycles. The van der Waals surface area contributed by atoms with Gasteiger partial charge in [-0.15, -0.1) is 11.3 Å². The lowest BCUT2D eigenvalue weighted by Gasteiger charge is -2.35. The quantitative estimate of drug-likeness (QED) is 0.273. The van der Waals surface area contributed by atoms with Gasteiger partial charge in [0.05, 0.1) is 26.0 Å². The fraction of sp³-hybridized carbons (Fsp3) is 0.167. The van der Waals surface area contributed by atoms with Crippen molar-refractivity contribution in [3.63, 3.8) is 0 Å². The molecule has 0 N–H and O–H groups in total. The molecule has 4 heterocycles.